The summed E-state index contributed by atoms with van der Waals surface area (Å²) in [6, 6.07) is 12.7. The maximum Gasteiger partial charge on any atom is 0.406 e. The first-order valence-electron chi connectivity index (χ1n) is 14.3. The second-order valence-electron chi connectivity index (χ2n) is 11.2. The number of hydrogen-bond acceptors (Lipinski definition) is 6. The van der Waals surface area contributed by atoms with Crippen LogP contribution in [0.4, 0.5) is 24.5 Å². The number of nitrogens with zero attached hydrogens (tertiary/aromatic N) is 2. The highest BCUT2D eigenvalue weighted by Crippen LogP contribution is 2.33. The number of halogens is 3. The molecule has 42 heavy (non-hydrogen) atoms. The normalized spacial score (nSPS) is 20.2. The summed E-state index contributed by atoms with van der Waals surface area (Å²) in [5.41, 5.74) is 3.05. The predicted molar refractivity (Wildman–Crippen MR) is 160 cm³/mol. The molecule has 7 nitrogen and oxygen atoms in total. The van der Waals surface area contributed by atoms with Gasteiger partial charge in [-0.05, 0) is 80.5 Å². The molecule has 0 radical (unpaired) electrons. The zero-order valence-corrected chi connectivity index (χ0v) is 24.7. The van der Waals surface area contributed by atoms with Gasteiger partial charge in [0.2, 0.25) is 0 Å². The van der Waals surface area contributed by atoms with Crippen molar-refractivity contribution in [3.05, 3.63) is 53.7 Å². The van der Waals surface area contributed by atoms with E-state index in [1.165, 1.54) is 10.6 Å². The lowest BCUT2D eigenvalue weighted by Crippen LogP contribution is -2.46. The molecule has 1 saturated carbocycles. The summed E-state index contributed by atoms with van der Waals surface area (Å²) in [6.07, 6.45) is 0.930. The van der Waals surface area contributed by atoms with Crippen LogP contribution < -0.4 is 10.6 Å². The highest BCUT2D eigenvalue weighted by Gasteiger charge is 2.31. The number of ether oxygens (including phenoxy) is 1. The van der Waals surface area contributed by atoms with E-state index in [0.29, 0.717) is 22.9 Å². The van der Waals surface area contributed by atoms with Gasteiger partial charge in [-0.3, -0.25) is 4.90 Å². The first-order valence-corrected chi connectivity index (χ1v) is 16.2. The van der Waals surface area contributed by atoms with Crippen molar-refractivity contribution in [2.24, 2.45) is 0 Å². The second kappa shape index (κ2) is 12.6. The minimum absolute atomic E-state index is 0.185. The molecular formula is C31H37F3N4O3S. The van der Waals surface area contributed by atoms with Crippen LogP contribution in [-0.4, -0.2) is 75.2 Å². The molecule has 2 heterocycles. The predicted octanol–water partition coefficient (Wildman–Crippen LogP) is 5.43. The number of aromatic nitrogens is 1. The molecule has 0 unspecified atom stereocenters. The van der Waals surface area contributed by atoms with E-state index in [1.54, 1.807) is 37.3 Å². The van der Waals surface area contributed by atoms with Crippen LogP contribution in [0.1, 0.15) is 36.9 Å². The third-order valence-corrected chi connectivity index (χ3v) is 9.22. The Hall–Kier alpha value is -3.20. The molecule has 2 fully saturated rings. The molecule has 5 rings (SSSR count). The van der Waals surface area contributed by atoms with Crippen molar-refractivity contribution in [3.8, 4) is 11.8 Å². The van der Waals surface area contributed by atoms with Crippen LogP contribution >= 0.6 is 0 Å². The molecular weight excluding hydrogens is 565 g/mol. The number of hydrogen-bond donors (Lipinski definition) is 2. The maximum atomic E-state index is 13.6. The van der Waals surface area contributed by atoms with Gasteiger partial charge in [-0.2, -0.15) is 13.2 Å². The molecule has 0 spiro atoms. The molecule has 0 atom stereocenters. The molecule has 3 aromatic rings. The van der Waals surface area contributed by atoms with Crippen molar-refractivity contribution in [1.29, 1.82) is 0 Å². The van der Waals surface area contributed by atoms with E-state index >= 15 is 0 Å². The van der Waals surface area contributed by atoms with Gasteiger partial charge in [0.05, 0.1) is 35.9 Å². The lowest BCUT2D eigenvalue weighted by atomic mass is 9.89. The van der Waals surface area contributed by atoms with Gasteiger partial charge in [-0.15, -0.1) is 0 Å². The number of nitrogens with one attached hydrogen (secondary N) is 2. The first-order chi connectivity index (χ1) is 20.0. The molecule has 1 aromatic heterocycles. The third-order valence-electron chi connectivity index (χ3n) is 8.11. The number of morpholine rings is 1. The standard InChI is InChI=1S/C31H37F3N4O3S/c1-22-19-26(42(2,39)40)12-13-28(22)35-14-4-5-25-20-27-29(6-3-7-30(27)38(25)21-31(32,33)34)36-23-8-10-24(11-9-23)37-15-17-41-18-16-37/h3,6-7,12-13,19-20,23-24,35-36H,8-11,14-18,21H2,1-2H3. The smallest absolute Gasteiger partial charge is 0.382 e. The summed E-state index contributed by atoms with van der Waals surface area (Å²) in [4.78, 5) is 2.74. The third kappa shape index (κ3) is 7.41. The quantitative estimate of drug-likeness (QED) is 0.351. The van der Waals surface area contributed by atoms with E-state index in [-0.39, 0.29) is 17.5 Å². The van der Waals surface area contributed by atoms with Crippen LogP contribution in [0, 0.1) is 18.8 Å². The minimum atomic E-state index is -4.40. The van der Waals surface area contributed by atoms with E-state index in [2.05, 4.69) is 27.4 Å². The van der Waals surface area contributed by atoms with Gasteiger partial charge in [0.15, 0.2) is 9.84 Å². The lowest BCUT2D eigenvalue weighted by Gasteiger charge is -2.39. The molecule has 0 amide bonds. The van der Waals surface area contributed by atoms with Crippen LogP contribution in [0.2, 0.25) is 0 Å². The van der Waals surface area contributed by atoms with Crippen molar-refractivity contribution >= 4 is 32.1 Å². The fourth-order valence-electron chi connectivity index (χ4n) is 5.95. The largest absolute Gasteiger partial charge is 0.406 e. The number of alkyl halides is 3. The summed E-state index contributed by atoms with van der Waals surface area (Å²) in [6.45, 7) is 4.36. The van der Waals surface area contributed by atoms with Crippen molar-refractivity contribution in [2.75, 3.05) is 49.7 Å². The number of fused-ring (bicyclic) bond motifs is 1. The summed E-state index contributed by atoms with van der Waals surface area (Å²) in [7, 11) is -3.32. The Morgan fingerprint density at radius 1 is 1.02 bits per heavy atom. The molecule has 11 heteroatoms. The van der Waals surface area contributed by atoms with E-state index in [0.717, 1.165) is 74.9 Å². The van der Waals surface area contributed by atoms with Crippen molar-refractivity contribution in [2.45, 2.75) is 62.3 Å². The number of aryl methyl sites for hydroxylation is 1. The van der Waals surface area contributed by atoms with Gasteiger partial charge < -0.3 is 19.9 Å². The van der Waals surface area contributed by atoms with Crippen LogP contribution in [0.15, 0.2) is 47.4 Å². The van der Waals surface area contributed by atoms with Gasteiger partial charge in [0.25, 0.3) is 0 Å². The number of rotatable bonds is 7. The molecule has 226 valence electrons. The topological polar surface area (TPSA) is 75.6 Å². The highest BCUT2D eigenvalue weighted by molar-refractivity contribution is 7.90. The Morgan fingerprint density at radius 3 is 2.43 bits per heavy atom. The van der Waals surface area contributed by atoms with E-state index in [9.17, 15) is 21.6 Å². The summed E-state index contributed by atoms with van der Waals surface area (Å²) < 4.78 is 71.1. The van der Waals surface area contributed by atoms with Crippen LogP contribution in [0.25, 0.3) is 10.9 Å². The van der Waals surface area contributed by atoms with Crippen molar-refractivity contribution in [1.82, 2.24) is 9.47 Å². The van der Waals surface area contributed by atoms with Gasteiger partial charge in [0.1, 0.15) is 6.54 Å². The average Bonchev–Trinajstić information content (AvgIpc) is 3.28. The number of sulfone groups is 1. The molecule has 1 aliphatic carbocycles. The molecule has 2 aromatic carbocycles. The summed E-state index contributed by atoms with van der Waals surface area (Å²) in [5, 5.41) is 7.48. The van der Waals surface area contributed by atoms with E-state index < -0.39 is 22.6 Å². The molecule has 2 N–H and O–H groups in total. The molecule has 0 bridgehead atoms. The van der Waals surface area contributed by atoms with Crippen molar-refractivity contribution < 1.29 is 26.3 Å². The zero-order chi connectivity index (χ0) is 29.9. The molecule has 1 aliphatic heterocycles. The summed E-state index contributed by atoms with van der Waals surface area (Å²) >= 11 is 0. The minimum Gasteiger partial charge on any atom is -0.382 e. The fourth-order valence-corrected chi connectivity index (χ4v) is 6.66. The first kappa shape index (κ1) is 30.3. The van der Waals surface area contributed by atoms with Gasteiger partial charge >= 0.3 is 6.18 Å². The maximum absolute atomic E-state index is 13.6. The Bertz CT molecular complexity index is 1580. The fraction of sp³-hybridized carbons (Fsp3) is 0.484. The second-order valence-corrected chi connectivity index (χ2v) is 13.2. The Kier molecular flexibility index (Phi) is 9.06. The van der Waals surface area contributed by atoms with E-state index in [4.69, 9.17) is 4.74 Å². The highest BCUT2D eigenvalue weighted by atomic mass is 32.2. The number of benzene rings is 2. The van der Waals surface area contributed by atoms with Crippen LogP contribution in [0.5, 0.6) is 0 Å². The Balaban J connectivity index is 1.32. The Labute approximate surface area is 245 Å². The van der Waals surface area contributed by atoms with E-state index in [1.807, 2.05) is 6.07 Å². The average molecular weight is 603 g/mol. The SMILES string of the molecule is Cc1cc(S(C)(=O)=O)ccc1NCC#Cc1cc2c(NC3CCC(N4CCOCC4)CC3)cccc2n1CC(F)(F)F. The monoisotopic (exact) mass is 602 g/mol. The van der Waals surface area contributed by atoms with Crippen LogP contribution in [-0.2, 0) is 21.1 Å². The van der Waals surface area contributed by atoms with Gasteiger partial charge in [0, 0.05) is 48.2 Å². The van der Waals surface area contributed by atoms with Gasteiger partial charge in [-0.25, -0.2) is 8.42 Å². The van der Waals surface area contributed by atoms with Crippen LogP contribution in [0.3, 0.4) is 0 Å². The molecule has 1 saturated heterocycles. The summed E-state index contributed by atoms with van der Waals surface area (Å²) in [5.74, 6) is 5.88. The zero-order valence-electron chi connectivity index (χ0n) is 23.9. The van der Waals surface area contributed by atoms with Gasteiger partial charge in [-0.1, -0.05) is 12.0 Å². The molecule has 2 aliphatic rings. The lowest BCUT2D eigenvalue weighted by molar-refractivity contribution is -0.140. The number of anilines is 2. The Morgan fingerprint density at radius 2 is 1.76 bits per heavy atom. The van der Waals surface area contributed by atoms with Crippen molar-refractivity contribution in [3.63, 3.8) is 0 Å².